The molecular formula is C15H16N4. The molecule has 4 nitrogen and oxygen atoms in total. The number of aryl methyl sites for hydroxylation is 2. The van der Waals surface area contributed by atoms with E-state index in [0.29, 0.717) is 17.3 Å². The summed E-state index contributed by atoms with van der Waals surface area (Å²) in [4.78, 5) is 8.33. The van der Waals surface area contributed by atoms with E-state index in [9.17, 15) is 0 Å². The Morgan fingerprint density at radius 2 is 1.79 bits per heavy atom. The number of nitrogens with zero attached hydrogens (tertiary/aromatic N) is 3. The second-order valence-electron chi connectivity index (χ2n) is 4.60. The van der Waals surface area contributed by atoms with Gasteiger partial charge in [-0.2, -0.15) is 5.26 Å². The minimum Gasteiger partial charge on any atom is -0.340 e. The van der Waals surface area contributed by atoms with E-state index in [2.05, 4.69) is 42.1 Å². The monoisotopic (exact) mass is 252 g/mol. The third-order valence-electron chi connectivity index (χ3n) is 3.27. The van der Waals surface area contributed by atoms with Gasteiger partial charge in [-0.15, -0.1) is 0 Å². The second-order valence-corrected chi connectivity index (χ2v) is 4.60. The number of aromatic nitrogens is 2. The Bertz CT molecular complexity index is 669. The number of rotatable bonds is 2. The fourth-order valence-electron chi connectivity index (χ4n) is 1.92. The molecular weight excluding hydrogens is 236 g/mol. The molecule has 0 atom stereocenters. The zero-order valence-corrected chi connectivity index (χ0v) is 11.6. The lowest BCUT2D eigenvalue weighted by Crippen LogP contribution is -2.01. The first kappa shape index (κ1) is 13.0. The quantitative estimate of drug-likeness (QED) is 0.890. The van der Waals surface area contributed by atoms with Gasteiger partial charge in [-0.05, 0) is 50.5 Å². The number of benzene rings is 1. The summed E-state index contributed by atoms with van der Waals surface area (Å²) < 4.78 is 0. The highest BCUT2D eigenvalue weighted by Gasteiger charge is 2.06. The van der Waals surface area contributed by atoms with Crippen molar-refractivity contribution in [2.24, 2.45) is 0 Å². The summed E-state index contributed by atoms with van der Waals surface area (Å²) in [5.74, 6) is 1.23. The molecule has 0 bridgehead atoms. The smallest absolute Gasteiger partial charge is 0.146 e. The number of hydrogen-bond donors (Lipinski definition) is 1. The van der Waals surface area contributed by atoms with E-state index >= 15 is 0 Å². The summed E-state index contributed by atoms with van der Waals surface area (Å²) in [7, 11) is 0. The van der Waals surface area contributed by atoms with Crippen LogP contribution in [0.25, 0.3) is 0 Å². The van der Waals surface area contributed by atoms with Gasteiger partial charge < -0.3 is 5.32 Å². The molecule has 0 amide bonds. The normalized spacial score (nSPS) is 10.1. The summed E-state index contributed by atoms with van der Waals surface area (Å²) in [6, 6.07) is 7.79. The average molecular weight is 252 g/mol. The van der Waals surface area contributed by atoms with Crippen LogP contribution in [-0.2, 0) is 0 Å². The van der Waals surface area contributed by atoms with E-state index in [-0.39, 0.29) is 0 Å². The maximum atomic E-state index is 8.92. The minimum atomic E-state index is 0.372. The van der Waals surface area contributed by atoms with Crippen LogP contribution in [0.3, 0.4) is 0 Å². The lowest BCUT2D eigenvalue weighted by atomic mass is 10.0. The van der Waals surface area contributed by atoms with Crippen molar-refractivity contribution < 1.29 is 0 Å². The van der Waals surface area contributed by atoms with Crippen LogP contribution < -0.4 is 5.32 Å². The Morgan fingerprint density at radius 1 is 1.05 bits per heavy atom. The first-order valence-corrected chi connectivity index (χ1v) is 6.11. The molecule has 2 aromatic rings. The van der Waals surface area contributed by atoms with Crippen molar-refractivity contribution in [3.63, 3.8) is 0 Å². The van der Waals surface area contributed by atoms with Crippen molar-refractivity contribution in [2.45, 2.75) is 27.7 Å². The minimum absolute atomic E-state index is 0.372. The molecule has 0 aliphatic carbocycles. The van der Waals surface area contributed by atoms with Gasteiger partial charge in [0.1, 0.15) is 23.4 Å². The third kappa shape index (κ3) is 2.71. The largest absolute Gasteiger partial charge is 0.340 e. The first-order chi connectivity index (χ1) is 9.01. The topological polar surface area (TPSA) is 61.6 Å². The zero-order valence-electron chi connectivity index (χ0n) is 11.6. The van der Waals surface area contributed by atoms with E-state index in [1.807, 2.05) is 12.1 Å². The molecule has 1 heterocycles. The molecule has 19 heavy (non-hydrogen) atoms. The first-order valence-electron chi connectivity index (χ1n) is 6.11. The van der Waals surface area contributed by atoms with Crippen LogP contribution >= 0.6 is 0 Å². The van der Waals surface area contributed by atoms with E-state index in [0.717, 1.165) is 5.69 Å². The highest BCUT2D eigenvalue weighted by Crippen LogP contribution is 2.24. The molecule has 0 spiro atoms. The average Bonchev–Trinajstić information content (AvgIpc) is 2.39. The van der Waals surface area contributed by atoms with Gasteiger partial charge in [-0.3, -0.25) is 0 Å². The van der Waals surface area contributed by atoms with Crippen LogP contribution in [-0.4, -0.2) is 9.97 Å². The van der Waals surface area contributed by atoms with Gasteiger partial charge in [0.2, 0.25) is 0 Å². The van der Waals surface area contributed by atoms with Gasteiger partial charge in [0.05, 0.1) is 0 Å². The Kier molecular flexibility index (Phi) is 3.48. The Morgan fingerprint density at radius 3 is 2.47 bits per heavy atom. The number of nitrogens with one attached hydrogen (secondary N) is 1. The SMILES string of the molecule is Cc1nc(C#N)cc(Nc2ccc(C)c(C)c2C)n1. The Labute approximate surface area is 113 Å². The summed E-state index contributed by atoms with van der Waals surface area (Å²) in [6.45, 7) is 8.04. The van der Waals surface area contributed by atoms with Crippen molar-refractivity contribution >= 4 is 11.5 Å². The lowest BCUT2D eigenvalue weighted by molar-refractivity contribution is 1.04. The van der Waals surface area contributed by atoms with Crippen molar-refractivity contribution in [1.29, 1.82) is 5.26 Å². The molecule has 0 saturated carbocycles. The fourth-order valence-corrected chi connectivity index (χ4v) is 1.92. The van der Waals surface area contributed by atoms with Crippen molar-refractivity contribution in [2.75, 3.05) is 5.32 Å². The fraction of sp³-hybridized carbons (Fsp3) is 0.267. The Hall–Kier alpha value is -2.41. The summed E-state index contributed by atoms with van der Waals surface area (Å²) in [6.07, 6.45) is 0. The predicted molar refractivity (Wildman–Crippen MR) is 75.4 cm³/mol. The molecule has 1 N–H and O–H groups in total. The second kappa shape index (κ2) is 5.07. The van der Waals surface area contributed by atoms with Gasteiger partial charge in [-0.1, -0.05) is 6.07 Å². The Balaban J connectivity index is 2.40. The van der Waals surface area contributed by atoms with Gasteiger partial charge in [-0.25, -0.2) is 9.97 Å². The van der Waals surface area contributed by atoms with Crippen molar-refractivity contribution in [3.05, 3.63) is 46.4 Å². The van der Waals surface area contributed by atoms with Gasteiger partial charge in [0.25, 0.3) is 0 Å². The zero-order chi connectivity index (χ0) is 14.0. The van der Waals surface area contributed by atoms with Crippen LogP contribution in [0.15, 0.2) is 18.2 Å². The molecule has 1 aromatic carbocycles. The van der Waals surface area contributed by atoms with E-state index < -0.39 is 0 Å². The summed E-state index contributed by atoms with van der Waals surface area (Å²) in [5.41, 5.74) is 5.09. The number of anilines is 2. The van der Waals surface area contributed by atoms with Gasteiger partial charge in [0.15, 0.2) is 0 Å². The van der Waals surface area contributed by atoms with E-state index in [1.165, 1.54) is 16.7 Å². The highest BCUT2D eigenvalue weighted by molar-refractivity contribution is 5.63. The molecule has 4 heteroatoms. The van der Waals surface area contributed by atoms with Crippen LogP contribution in [0.4, 0.5) is 11.5 Å². The van der Waals surface area contributed by atoms with Gasteiger partial charge in [0, 0.05) is 11.8 Å². The van der Waals surface area contributed by atoms with Gasteiger partial charge >= 0.3 is 0 Å². The maximum absolute atomic E-state index is 8.92. The number of hydrogen-bond acceptors (Lipinski definition) is 4. The standard InChI is InChI=1S/C15H16N4/c1-9-5-6-14(11(3)10(9)2)19-15-7-13(8-16)17-12(4)18-15/h5-7H,1-4H3,(H,17,18,19). The molecule has 0 unspecified atom stereocenters. The molecule has 0 radical (unpaired) electrons. The van der Waals surface area contributed by atoms with Crippen LogP contribution in [0.5, 0.6) is 0 Å². The van der Waals surface area contributed by atoms with Crippen molar-refractivity contribution in [3.8, 4) is 6.07 Å². The van der Waals surface area contributed by atoms with Crippen LogP contribution in [0.1, 0.15) is 28.2 Å². The lowest BCUT2D eigenvalue weighted by Gasteiger charge is -2.13. The van der Waals surface area contributed by atoms with E-state index in [1.54, 1.807) is 13.0 Å². The highest BCUT2D eigenvalue weighted by atomic mass is 15.0. The molecule has 2 rings (SSSR count). The molecule has 0 fully saturated rings. The molecule has 0 saturated heterocycles. The van der Waals surface area contributed by atoms with Crippen LogP contribution in [0, 0.1) is 39.0 Å². The summed E-state index contributed by atoms with van der Waals surface area (Å²) in [5, 5.41) is 12.2. The molecule has 0 aliphatic heterocycles. The maximum Gasteiger partial charge on any atom is 0.146 e. The van der Waals surface area contributed by atoms with E-state index in [4.69, 9.17) is 5.26 Å². The molecule has 1 aromatic heterocycles. The molecule has 96 valence electrons. The summed E-state index contributed by atoms with van der Waals surface area (Å²) >= 11 is 0. The van der Waals surface area contributed by atoms with Crippen LogP contribution in [0.2, 0.25) is 0 Å². The predicted octanol–water partition coefficient (Wildman–Crippen LogP) is 3.33. The molecule has 0 aliphatic rings. The third-order valence-corrected chi connectivity index (χ3v) is 3.27. The number of nitriles is 1. The van der Waals surface area contributed by atoms with Crippen molar-refractivity contribution in [1.82, 2.24) is 9.97 Å².